The maximum atomic E-state index is 3.59. The Balaban J connectivity index is 1.99. The van der Waals surface area contributed by atoms with Gasteiger partial charge in [-0.15, -0.1) is 0 Å². The summed E-state index contributed by atoms with van der Waals surface area (Å²) in [6.07, 6.45) is 4.20. The number of thioether (sulfide) groups is 1. The van der Waals surface area contributed by atoms with E-state index in [0.29, 0.717) is 6.04 Å². The molecule has 0 bridgehead atoms. The fourth-order valence-corrected chi connectivity index (χ4v) is 3.28. The summed E-state index contributed by atoms with van der Waals surface area (Å²) in [5.41, 5.74) is 2.99. The largest absolute Gasteiger partial charge is 0.310 e. The molecule has 1 aromatic carbocycles. The molecule has 1 atom stereocenters. The van der Waals surface area contributed by atoms with Crippen LogP contribution in [0.15, 0.2) is 24.3 Å². The van der Waals surface area contributed by atoms with Gasteiger partial charge in [-0.3, -0.25) is 0 Å². The third kappa shape index (κ3) is 3.52. The molecule has 2 heteroatoms. The molecule has 1 unspecified atom stereocenters. The van der Waals surface area contributed by atoms with Gasteiger partial charge < -0.3 is 5.32 Å². The van der Waals surface area contributed by atoms with E-state index in [1.54, 1.807) is 5.56 Å². The molecule has 18 heavy (non-hydrogen) atoms. The van der Waals surface area contributed by atoms with Crippen LogP contribution in [0.1, 0.15) is 56.2 Å². The molecular weight excluding hydrogens is 238 g/mol. The average molecular weight is 263 g/mol. The van der Waals surface area contributed by atoms with Gasteiger partial charge in [0, 0.05) is 11.8 Å². The van der Waals surface area contributed by atoms with E-state index in [2.05, 4.69) is 43.4 Å². The molecule has 100 valence electrons. The first kappa shape index (κ1) is 14.0. The Morgan fingerprint density at radius 1 is 1.22 bits per heavy atom. The molecule has 2 rings (SSSR count). The summed E-state index contributed by atoms with van der Waals surface area (Å²) in [5.74, 6) is 3.22. The molecule has 1 saturated carbocycles. The van der Waals surface area contributed by atoms with E-state index in [4.69, 9.17) is 0 Å². The second-order valence-electron chi connectivity index (χ2n) is 5.06. The van der Waals surface area contributed by atoms with Crippen LogP contribution in [0.4, 0.5) is 0 Å². The van der Waals surface area contributed by atoms with E-state index in [1.165, 1.54) is 36.3 Å². The zero-order valence-corrected chi connectivity index (χ0v) is 12.4. The molecule has 1 N–H and O–H groups in total. The predicted molar refractivity (Wildman–Crippen MR) is 82.5 cm³/mol. The van der Waals surface area contributed by atoms with E-state index in [-0.39, 0.29) is 0 Å². The van der Waals surface area contributed by atoms with Crippen molar-refractivity contribution in [3.63, 3.8) is 0 Å². The Morgan fingerprint density at radius 3 is 2.44 bits per heavy atom. The van der Waals surface area contributed by atoms with Gasteiger partial charge in [0.15, 0.2) is 0 Å². The van der Waals surface area contributed by atoms with Crippen molar-refractivity contribution < 1.29 is 0 Å². The number of nitrogens with one attached hydrogen (secondary N) is 1. The van der Waals surface area contributed by atoms with Gasteiger partial charge in [-0.2, -0.15) is 11.8 Å². The first-order chi connectivity index (χ1) is 8.85. The molecule has 1 fully saturated rings. The lowest BCUT2D eigenvalue weighted by Gasteiger charge is -2.26. The van der Waals surface area contributed by atoms with Gasteiger partial charge in [0.05, 0.1) is 0 Å². The fourth-order valence-electron chi connectivity index (χ4n) is 2.50. The van der Waals surface area contributed by atoms with Gasteiger partial charge in [-0.25, -0.2) is 0 Å². The summed E-state index contributed by atoms with van der Waals surface area (Å²) in [5, 5.41) is 3.59. The van der Waals surface area contributed by atoms with Crippen LogP contribution in [0.2, 0.25) is 0 Å². The Kier molecular flexibility index (Phi) is 5.58. The molecule has 0 amide bonds. The molecule has 1 aliphatic rings. The zero-order valence-electron chi connectivity index (χ0n) is 11.6. The van der Waals surface area contributed by atoms with Crippen LogP contribution in [-0.2, 0) is 0 Å². The monoisotopic (exact) mass is 263 g/mol. The molecule has 0 aliphatic heterocycles. The Labute approximate surface area is 116 Å². The molecule has 0 heterocycles. The smallest absolute Gasteiger partial charge is 0.0411 e. The predicted octanol–water partition coefficient (Wildman–Crippen LogP) is 4.36. The SMILES string of the molecule is CCNC(CSCC)c1ccc(C2CCC2)cc1. The van der Waals surface area contributed by atoms with Gasteiger partial charge in [0.25, 0.3) is 0 Å². The van der Waals surface area contributed by atoms with Crippen molar-refractivity contribution in [1.82, 2.24) is 5.32 Å². The minimum Gasteiger partial charge on any atom is -0.310 e. The van der Waals surface area contributed by atoms with Crippen LogP contribution in [0.3, 0.4) is 0 Å². The molecular formula is C16H25NS. The summed E-state index contributed by atoms with van der Waals surface area (Å²) in [6, 6.07) is 9.87. The quantitative estimate of drug-likeness (QED) is 0.784. The van der Waals surface area contributed by atoms with Crippen molar-refractivity contribution >= 4 is 11.8 Å². The normalized spacial score (nSPS) is 17.4. The maximum absolute atomic E-state index is 3.59. The topological polar surface area (TPSA) is 12.0 Å². The third-order valence-electron chi connectivity index (χ3n) is 3.85. The Bertz CT molecular complexity index is 343. The summed E-state index contributed by atoms with van der Waals surface area (Å²) >= 11 is 2.01. The highest BCUT2D eigenvalue weighted by atomic mass is 32.2. The Morgan fingerprint density at radius 2 is 1.94 bits per heavy atom. The van der Waals surface area contributed by atoms with Crippen molar-refractivity contribution in [2.24, 2.45) is 0 Å². The molecule has 0 aromatic heterocycles. The first-order valence-electron chi connectivity index (χ1n) is 7.26. The van der Waals surface area contributed by atoms with Crippen LogP contribution in [-0.4, -0.2) is 18.1 Å². The average Bonchev–Trinajstić information content (AvgIpc) is 2.33. The van der Waals surface area contributed by atoms with Crippen molar-refractivity contribution in [2.45, 2.75) is 45.1 Å². The van der Waals surface area contributed by atoms with E-state index >= 15 is 0 Å². The van der Waals surface area contributed by atoms with Gasteiger partial charge in [-0.1, -0.05) is 44.5 Å². The van der Waals surface area contributed by atoms with Gasteiger partial charge in [0.2, 0.25) is 0 Å². The molecule has 0 radical (unpaired) electrons. The molecule has 0 saturated heterocycles. The number of rotatable bonds is 7. The second kappa shape index (κ2) is 7.20. The van der Waals surface area contributed by atoms with Crippen LogP contribution in [0, 0.1) is 0 Å². The second-order valence-corrected chi connectivity index (χ2v) is 6.38. The third-order valence-corrected chi connectivity index (χ3v) is 4.83. The highest BCUT2D eigenvalue weighted by molar-refractivity contribution is 7.99. The van der Waals surface area contributed by atoms with Crippen molar-refractivity contribution in [3.05, 3.63) is 35.4 Å². The fraction of sp³-hybridized carbons (Fsp3) is 0.625. The highest BCUT2D eigenvalue weighted by Gasteiger charge is 2.19. The van der Waals surface area contributed by atoms with Crippen LogP contribution in [0.25, 0.3) is 0 Å². The lowest BCUT2D eigenvalue weighted by atomic mass is 9.80. The van der Waals surface area contributed by atoms with E-state index < -0.39 is 0 Å². The summed E-state index contributed by atoms with van der Waals surface area (Å²) in [7, 11) is 0. The van der Waals surface area contributed by atoms with Crippen molar-refractivity contribution in [3.8, 4) is 0 Å². The molecule has 0 spiro atoms. The number of hydrogen-bond acceptors (Lipinski definition) is 2. The summed E-state index contributed by atoms with van der Waals surface area (Å²) in [4.78, 5) is 0. The van der Waals surface area contributed by atoms with Gasteiger partial charge >= 0.3 is 0 Å². The summed E-state index contributed by atoms with van der Waals surface area (Å²) < 4.78 is 0. The van der Waals surface area contributed by atoms with Gasteiger partial charge in [0.1, 0.15) is 0 Å². The minimum atomic E-state index is 0.510. The van der Waals surface area contributed by atoms with Crippen LogP contribution in [0.5, 0.6) is 0 Å². The van der Waals surface area contributed by atoms with E-state index in [9.17, 15) is 0 Å². The molecule has 1 nitrogen and oxygen atoms in total. The lowest BCUT2D eigenvalue weighted by Crippen LogP contribution is -2.23. The Hall–Kier alpha value is -0.470. The zero-order chi connectivity index (χ0) is 12.8. The highest BCUT2D eigenvalue weighted by Crippen LogP contribution is 2.36. The van der Waals surface area contributed by atoms with Crippen LogP contribution >= 0.6 is 11.8 Å². The van der Waals surface area contributed by atoms with Crippen molar-refractivity contribution in [1.29, 1.82) is 0 Å². The standard InChI is InChI=1S/C16H25NS/c1-3-17-16(12-18-4-2)15-10-8-14(9-11-15)13-6-5-7-13/h8-11,13,16-17H,3-7,12H2,1-2H3. The maximum Gasteiger partial charge on any atom is 0.0411 e. The first-order valence-corrected chi connectivity index (χ1v) is 8.41. The van der Waals surface area contributed by atoms with Crippen LogP contribution < -0.4 is 5.32 Å². The van der Waals surface area contributed by atoms with E-state index in [1.807, 2.05) is 11.8 Å². The minimum absolute atomic E-state index is 0.510. The summed E-state index contributed by atoms with van der Waals surface area (Å²) in [6.45, 7) is 5.46. The molecule has 1 aromatic rings. The van der Waals surface area contributed by atoms with Crippen molar-refractivity contribution in [2.75, 3.05) is 18.1 Å². The van der Waals surface area contributed by atoms with Gasteiger partial charge in [-0.05, 0) is 42.2 Å². The van der Waals surface area contributed by atoms with E-state index in [0.717, 1.165) is 12.5 Å². The molecule has 1 aliphatic carbocycles. The lowest BCUT2D eigenvalue weighted by molar-refractivity contribution is 0.419. The number of hydrogen-bond donors (Lipinski definition) is 1. The number of benzene rings is 1.